The van der Waals surface area contributed by atoms with Crippen molar-refractivity contribution in [3.05, 3.63) is 28.0 Å². The van der Waals surface area contributed by atoms with E-state index in [1.54, 1.807) is 0 Å². The van der Waals surface area contributed by atoms with Gasteiger partial charge in [0.2, 0.25) is 0 Å². The SMILES string of the molecule is Brc1cc2nc(c1)CN[C@@H]1CCCC[C@H]1NCCN[C@@H]1CCCC[C@H]1NC2.[Cl][Mn][Cl]. The summed E-state index contributed by atoms with van der Waals surface area (Å²) in [4.78, 5) is 4.92. The number of pyridine rings is 1. The quantitative estimate of drug-likeness (QED) is 0.357. The van der Waals surface area contributed by atoms with Crippen molar-refractivity contribution >= 4 is 36.1 Å². The minimum absolute atomic E-state index is 0.00694. The molecule has 3 aliphatic rings. The zero-order valence-corrected chi connectivity index (χ0v) is 21.7. The summed E-state index contributed by atoms with van der Waals surface area (Å²) in [5, 5.41) is 15.2. The van der Waals surface area contributed by atoms with Crippen molar-refractivity contribution in [2.45, 2.75) is 88.6 Å². The van der Waals surface area contributed by atoms with Crippen LogP contribution in [0.1, 0.15) is 62.8 Å². The third-order valence-electron chi connectivity index (χ3n) is 6.46. The number of hydrogen-bond acceptors (Lipinski definition) is 5. The van der Waals surface area contributed by atoms with Crippen molar-refractivity contribution in [3.8, 4) is 0 Å². The van der Waals surface area contributed by atoms with Gasteiger partial charge in [-0.05, 0) is 37.8 Å². The Labute approximate surface area is 204 Å². The number of nitrogens with zero attached hydrogens (tertiary/aromatic N) is 1. The second-order valence-corrected chi connectivity index (χ2v) is 11.4. The third kappa shape index (κ3) is 8.17. The Hall–Kier alpha value is 0.569. The van der Waals surface area contributed by atoms with Gasteiger partial charge in [-0.1, -0.05) is 41.6 Å². The average Bonchev–Trinajstić information content (AvgIpc) is 2.75. The zero-order chi connectivity index (χ0) is 21.2. The third-order valence-corrected chi connectivity index (χ3v) is 6.91. The molecule has 30 heavy (non-hydrogen) atoms. The first-order valence-electron chi connectivity index (χ1n) is 11.2. The van der Waals surface area contributed by atoms with Gasteiger partial charge in [-0.2, -0.15) is 0 Å². The van der Waals surface area contributed by atoms with Crippen molar-refractivity contribution < 1.29 is 13.1 Å². The number of fused-ring (bicyclic) bond motifs is 4. The van der Waals surface area contributed by atoms with E-state index in [1.807, 2.05) is 0 Å². The van der Waals surface area contributed by atoms with E-state index in [2.05, 4.69) is 49.3 Å². The molecular formula is C21H34BrCl2MnN5. The summed E-state index contributed by atoms with van der Waals surface area (Å²) in [5.41, 5.74) is 2.28. The van der Waals surface area contributed by atoms with Crippen molar-refractivity contribution in [3.63, 3.8) is 0 Å². The van der Waals surface area contributed by atoms with Gasteiger partial charge in [-0.25, -0.2) is 0 Å². The van der Waals surface area contributed by atoms with Crippen LogP contribution in [0, 0.1) is 0 Å². The molecule has 0 amide bonds. The molecular weight excluding hydrogens is 528 g/mol. The van der Waals surface area contributed by atoms with E-state index in [9.17, 15) is 0 Å². The van der Waals surface area contributed by atoms with Crippen LogP contribution in [0.15, 0.2) is 16.6 Å². The van der Waals surface area contributed by atoms with Crippen molar-refractivity contribution in [1.29, 1.82) is 0 Å². The van der Waals surface area contributed by atoms with E-state index in [0.29, 0.717) is 24.2 Å². The Kier molecular flexibility index (Phi) is 11.7. The summed E-state index contributed by atoms with van der Waals surface area (Å²) in [6.07, 6.45) is 10.4. The van der Waals surface area contributed by atoms with Crippen LogP contribution < -0.4 is 21.3 Å². The fraction of sp³-hybridized carbons (Fsp3) is 0.762. The second-order valence-electron chi connectivity index (χ2n) is 8.49. The summed E-state index contributed by atoms with van der Waals surface area (Å²) < 4.78 is 1.13. The number of rotatable bonds is 0. The molecule has 2 heterocycles. The fourth-order valence-corrected chi connectivity index (χ4v) is 5.54. The molecule has 0 aromatic carbocycles. The van der Waals surface area contributed by atoms with Crippen LogP contribution in [0.4, 0.5) is 0 Å². The topological polar surface area (TPSA) is 61.0 Å². The van der Waals surface area contributed by atoms with Gasteiger partial charge in [-0.15, -0.1) is 0 Å². The standard InChI is InChI=1S/C21H34BrN5.2ClH.Mn/c22-15-11-16-13-25-20-7-3-1-5-18(20)23-9-10-24-19-6-2-4-8-21(19)26-14-17(12-15)27-16;;;/h11-12,18-21,23-26H,1-10,13-14H2;2*1H;/q;;;+2/p-2/t18-,19-,20-,21-;;;/m1.../s1. The van der Waals surface area contributed by atoms with Gasteiger partial charge >= 0.3 is 33.3 Å². The van der Waals surface area contributed by atoms with Gasteiger partial charge in [0.1, 0.15) is 0 Å². The monoisotopic (exact) mass is 560 g/mol. The van der Waals surface area contributed by atoms with Crippen molar-refractivity contribution in [2.75, 3.05) is 13.1 Å². The van der Waals surface area contributed by atoms with Crippen LogP contribution in [0.25, 0.3) is 0 Å². The molecule has 0 saturated heterocycles. The first-order chi connectivity index (χ1) is 14.7. The van der Waals surface area contributed by atoms with Crippen LogP contribution in [-0.4, -0.2) is 42.2 Å². The van der Waals surface area contributed by atoms with Gasteiger partial charge in [0, 0.05) is 54.8 Å². The fourth-order valence-electron chi connectivity index (χ4n) is 5.02. The molecule has 1 aromatic heterocycles. The van der Waals surface area contributed by atoms with Crippen molar-refractivity contribution in [1.82, 2.24) is 26.3 Å². The van der Waals surface area contributed by atoms with Gasteiger partial charge in [0.05, 0.1) is 11.4 Å². The molecule has 9 heteroatoms. The van der Waals surface area contributed by atoms with Gasteiger partial charge in [0.15, 0.2) is 0 Å². The van der Waals surface area contributed by atoms with E-state index in [4.69, 9.17) is 25.2 Å². The molecule has 0 spiro atoms. The van der Waals surface area contributed by atoms with E-state index < -0.39 is 0 Å². The molecule has 2 aliphatic carbocycles. The van der Waals surface area contributed by atoms with Gasteiger partial charge in [-0.3, -0.25) is 4.98 Å². The van der Waals surface area contributed by atoms with E-state index >= 15 is 0 Å². The van der Waals surface area contributed by atoms with Crippen LogP contribution in [-0.2, 0) is 26.2 Å². The molecule has 4 atom stereocenters. The zero-order valence-electron chi connectivity index (χ0n) is 17.4. The molecule has 5 nitrogen and oxygen atoms in total. The summed E-state index contributed by atoms with van der Waals surface area (Å²) in [5.74, 6) is 0. The molecule has 2 saturated carbocycles. The van der Waals surface area contributed by atoms with E-state index in [0.717, 1.165) is 42.0 Å². The molecule has 0 radical (unpaired) electrons. The molecule has 1 aliphatic heterocycles. The summed E-state index contributed by atoms with van der Waals surface area (Å²) in [7, 11) is 9.59. The van der Waals surface area contributed by atoms with Crippen LogP contribution in [0.2, 0.25) is 0 Å². The summed E-state index contributed by atoms with van der Waals surface area (Å²) in [6.45, 7) is 3.81. The molecule has 4 N–H and O–H groups in total. The maximum atomic E-state index is 4.92. The van der Waals surface area contributed by atoms with Crippen LogP contribution in [0.3, 0.4) is 0 Å². The minimum atomic E-state index is 0.00694. The number of hydrogen-bond donors (Lipinski definition) is 4. The summed E-state index contributed by atoms with van der Waals surface area (Å²) in [6, 6.07) is 6.58. The first kappa shape index (κ1) is 25.2. The Morgan fingerprint density at radius 1 is 0.733 bits per heavy atom. The Morgan fingerprint density at radius 2 is 1.10 bits per heavy atom. The summed E-state index contributed by atoms with van der Waals surface area (Å²) >= 11 is 3.69. The average molecular weight is 562 g/mol. The molecule has 171 valence electrons. The molecule has 4 rings (SSSR count). The van der Waals surface area contributed by atoms with Crippen LogP contribution in [0.5, 0.6) is 0 Å². The van der Waals surface area contributed by atoms with E-state index in [-0.39, 0.29) is 13.1 Å². The Balaban J connectivity index is 0.000000806. The van der Waals surface area contributed by atoms with Crippen molar-refractivity contribution in [2.24, 2.45) is 0 Å². The van der Waals surface area contributed by atoms with E-state index in [1.165, 1.54) is 51.4 Å². The number of aromatic nitrogens is 1. The molecule has 2 bridgehead atoms. The number of halogens is 3. The Bertz CT molecular complexity index is 593. The molecule has 1 aromatic rings. The van der Waals surface area contributed by atoms with Crippen LogP contribution >= 0.6 is 36.1 Å². The first-order valence-corrected chi connectivity index (χ1v) is 15.2. The predicted octanol–water partition coefficient (Wildman–Crippen LogP) is 4.22. The molecule has 0 unspecified atom stereocenters. The molecule has 2 fully saturated rings. The second kappa shape index (κ2) is 14.0. The predicted molar refractivity (Wildman–Crippen MR) is 125 cm³/mol. The van der Waals surface area contributed by atoms with Gasteiger partial charge < -0.3 is 21.3 Å². The van der Waals surface area contributed by atoms with Gasteiger partial charge in [0.25, 0.3) is 0 Å². The maximum absolute atomic E-state index is 4.92. The number of nitrogens with one attached hydrogen (secondary N) is 4. The Morgan fingerprint density at radius 3 is 1.50 bits per heavy atom. The normalized spacial score (nSPS) is 30.5.